The summed E-state index contributed by atoms with van der Waals surface area (Å²) in [5.74, 6) is 0. The first kappa shape index (κ1) is 44.2. The largest absolute Gasteiger partial charge is 0.0642 e. The molecule has 0 radical (unpaired) electrons. The number of halogens is 4. The monoisotopic (exact) mass is 1110 g/mol. The van der Waals surface area contributed by atoms with E-state index in [0.717, 1.165) is 56.4 Å². The van der Waals surface area contributed by atoms with Gasteiger partial charge in [-0.2, -0.15) is 0 Å². The number of hydrogen-bond donors (Lipinski definition) is 0. The molecule has 0 spiro atoms. The van der Waals surface area contributed by atoms with Gasteiger partial charge in [0.15, 0.2) is 0 Å². The second kappa shape index (κ2) is 16.7. The van der Waals surface area contributed by atoms with Crippen molar-refractivity contribution in [3.05, 3.63) is 232 Å². The van der Waals surface area contributed by atoms with Crippen LogP contribution in [0.5, 0.6) is 0 Å². The molecule has 0 aliphatic heterocycles. The summed E-state index contributed by atoms with van der Waals surface area (Å²) < 4.78 is 4.57. The molecule has 328 valence electrons. The molecule has 8 aromatic rings. The predicted octanol–water partition coefficient (Wildman–Crippen LogP) is 19.3. The molecule has 0 heterocycles. The zero-order valence-electron chi connectivity index (χ0n) is 37.9. The van der Waals surface area contributed by atoms with Crippen LogP contribution >= 0.6 is 63.7 Å². The van der Waals surface area contributed by atoms with E-state index >= 15 is 0 Å². The molecule has 12 rings (SSSR count). The van der Waals surface area contributed by atoms with Crippen molar-refractivity contribution < 1.29 is 0 Å². The summed E-state index contributed by atoms with van der Waals surface area (Å²) in [6.07, 6.45) is 6.41. The molecule has 66 heavy (non-hydrogen) atoms. The Hall–Kier alpha value is -4.32. The average Bonchev–Trinajstić information content (AvgIpc) is 3.98. The zero-order valence-corrected chi connectivity index (χ0v) is 44.3. The van der Waals surface area contributed by atoms with E-state index < -0.39 is 0 Å². The van der Waals surface area contributed by atoms with Crippen LogP contribution in [0, 0.1) is 0 Å². The van der Waals surface area contributed by atoms with E-state index in [1.807, 2.05) is 0 Å². The number of benzene rings is 8. The molecule has 0 saturated carbocycles. The quantitative estimate of drug-likeness (QED) is 0.142. The molecular weight excluding hydrogens is 1060 g/mol. The van der Waals surface area contributed by atoms with Crippen molar-refractivity contribution in [1.82, 2.24) is 0 Å². The van der Waals surface area contributed by atoms with Gasteiger partial charge in [-0.15, -0.1) is 0 Å². The second-order valence-corrected chi connectivity index (χ2v) is 22.7. The van der Waals surface area contributed by atoms with Crippen molar-refractivity contribution >= 4 is 63.7 Å². The number of hydrogen-bond acceptors (Lipinski definition) is 0. The van der Waals surface area contributed by atoms with Crippen LogP contribution in [0.15, 0.2) is 188 Å². The molecule has 4 heteroatoms. The zero-order chi connectivity index (χ0) is 45.6. The van der Waals surface area contributed by atoms with E-state index in [0.29, 0.717) is 0 Å². The molecule has 8 aromatic carbocycles. The summed E-state index contributed by atoms with van der Waals surface area (Å²) in [5.41, 5.74) is 22.8. The van der Waals surface area contributed by atoms with E-state index in [1.165, 1.54) is 89.0 Å². The fraction of sp³-hybridized carbons (Fsp3) is 0.226. The molecule has 0 atom stereocenters. The summed E-state index contributed by atoms with van der Waals surface area (Å²) in [6, 6.07) is 63.9. The lowest BCUT2D eigenvalue weighted by molar-refractivity contribution is 0.342. The maximum Gasteiger partial charge on any atom is 0.0225 e. The Balaban J connectivity index is 0.000000147. The molecule has 4 aliphatic carbocycles. The van der Waals surface area contributed by atoms with Crippen LogP contribution in [0.4, 0.5) is 0 Å². The van der Waals surface area contributed by atoms with E-state index in [9.17, 15) is 0 Å². The summed E-state index contributed by atoms with van der Waals surface area (Å²) in [6.45, 7) is 9.50. The molecule has 0 N–H and O–H groups in total. The van der Waals surface area contributed by atoms with Crippen molar-refractivity contribution in [2.24, 2.45) is 0 Å². The molecule has 4 aliphatic rings. The van der Waals surface area contributed by atoms with E-state index in [-0.39, 0.29) is 21.7 Å². The van der Waals surface area contributed by atoms with Gasteiger partial charge < -0.3 is 0 Å². The lowest BCUT2D eigenvalue weighted by Gasteiger charge is -2.42. The van der Waals surface area contributed by atoms with Gasteiger partial charge in [0.05, 0.1) is 0 Å². The second-order valence-electron chi connectivity index (χ2n) is 19.0. The van der Waals surface area contributed by atoms with Crippen LogP contribution in [0.2, 0.25) is 0 Å². The third-order valence-electron chi connectivity index (χ3n) is 16.5. The van der Waals surface area contributed by atoms with Gasteiger partial charge in [0.25, 0.3) is 0 Å². The molecular formula is C62H52Br4. The highest BCUT2D eigenvalue weighted by Gasteiger charge is 2.53. The molecule has 0 saturated heterocycles. The lowest BCUT2D eigenvalue weighted by atomic mass is 9.61. The first-order valence-electron chi connectivity index (χ1n) is 23.7. The predicted molar refractivity (Wildman–Crippen MR) is 292 cm³/mol. The van der Waals surface area contributed by atoms with Crippen molar-refractivity contribution in [3.63, 3.8) is 0 Å². The Morgan fingerprint density at radius 3 is 0.682 bits per heavy atom. The standard InChI is InChI=1S/C31H24Br4.C31H28/c1-3-30(26-13-18(32)5-9-22(26)23-10-6-19(33)14-27(23)30)17-31(4-2)28-15-20(34)7-11-24(28)25-12-8-21(35)16-29(25)31;1-3-30(26-17-9-5-13-22(26)23-14-6-10-18-27(23)30)21-31(4-2)28-19-11-7-15-24(28)25-16-8-12-20-29(25)31/h5-16H,3-4,17H2,1-2H3;5-20H,3-4,21H2,1-2H3. The highest BCUT2D eigenvalue weighted by Crippen LogP contribution is 2.64. The Morgan fingerprint density at radius 2 is 0.455 bits per heavy atom. The maximum absolute atomic E-state index is 3.80. The minimum Gasteiger partial charge on any atom is -0.0642 e. The lowest BCUT2D eigenvalue weighted by Crippen LogP contribution is -2.37. The Morgan fingerprint density at radius 1 is 0.258 bits per heavy atom. The number of fused-ring (bicyclic) bond motifs is 12. The van der Waals surface area contributed by atoms with Gasteiger partial charge in [-0.3, -0.25) is 0 Å². The normalized spacial score (nSPS) is 16.1. The van der Waals surface area contributed by atoms with Crippen LogP contribution < -0.4 is 0 Å². The average molecular weight is 1120 g/mol. The highest BCUT2D eigenvalue weighted by molar-refractivity contribution is 9.11. The summed E-state index contributed by atoms with van der Waals surface area (Å²) in [5, 5.41) is 0. The van der Waals surface area contributed by atoms with Gasteiger partial charge >= 0.3 is 0 Å². The van der Waals surface area contributed by atoms with Crippen molar-refractivity contribution in [3.8, 4) is 44.5 Å². The molecule has 0 bridgehead atoms. The van der Waals surface area contributed by atoms with Crippen molar-refractivity contribution in [2.45, 2.75) is 87.9 Å². The minimum absolute atomic E-state index is 0.0216. The maximum atomic E-state index is 3.80. The first-order chi connectivity index (χ1) is 32.1. The molecule has 0 aromatic heterocycles. The van der Waals surface area contributed by atoms with Gasteiger partial charge in [0.2, 0.25) is 0 Å². The first-order valence-corrected chi connectivity index (χ1v) is 26.8. The van der Waals surface area contributed by atoms with Gasteiger partial charge in [0.1, 0.15) is 0 Å². The molecule has 0 amide bonds. The van der Waals surface area contributed by atoms with Gasteiger partial charge in [-0.25, -0.2) is 0 Å². The SMILES string of the molecule is CCC1(CC2(CC)c3cc(Br)ccc3-c3ccc(Br)cc32)c2cc(Br)ccc2-c2ccc(Br)cc21.CCC1(CC2(CC)c3ccccc3-c3ccccc32)c2ccccc2-c2ccccc21. The summed E-state index contributed by atoms with van der Waals surface area (Å²) >= 11 is 15.2. The number of rotatable bonds is 8. The molecule has 0 fully saturated rings. The summed E-state index contributed by atoms with van der Waals surface area (Å²) in [4.78, 5) is 0. The Kier molecular flexibility index (Phi) is 11.2. The van der Waals surface area contributed by atoms with Gasteiger partial charge in [-0.05, 0) is 176 Å². The minimum atomic E-state index is -0.0995. The Bertz CT molecular complexity index is 2820. The fourth-order valence-electron chi connectivity index (χ4n) is 13.5. The molecule has 0 nitrogen and oxygen atoms in total. The Labute approximate surface area is 424 Å². The van der Waals surface area contributed by atoms with Crippen LogP contribution in [0.25, 0.3) is 44.5 Å². The van der Waals surface area contributed by atoms with Crippen molar-refractivity contribution in [2.75, 3.05) is 0 Å². The van der Waals surface area contributed by atoms with E-state index in [4.69, 9.17) is 0 Å². The highest BCUT2D eigenvalue weighted by atomic mass is 79.9. The third kappa shape index (κ3) is 6.37. The van der Waals surface area contributed by atoms with Crippen LogP contribution in [-0.2, 0) is 21.7 Å². The summed E-state index contributed by atoms with van der Waals surface area (Å²) in [7, 11) is 0. The topological polar surface area (TPSA) is 0 Å². The van der Waals surface area contributed by atoms with Crippen LogP contribution in [0.3, 0.4) is 0 Å². The van der Waals surface area contributed by atoms with Crippen LogP contribution in [-0.4, -0.2) is 0 Å². The molecule has 0 unspecified atom stereocenters. The van der Waals surface area contributed by atoms with E-state index in [1.54, 1.807) is 0 Å². The smallest absolute Gasteiger partial charge is 0.0225 e. The van der Waals surface area contributed by atoms with E-state index in [2.05, 4.69) is 261 Å². The van der Waals surface area contributed by atoms with Crippen LogP contribution in [0.1, 0.15) is 111 Å². The van der Waals surface area contributed by atoms with Gasteiger partial charge in [0, 0.05) is 39.6 Å². The van der Waals surface area contributed by atoms with Gasteiger partial charge in [-0.1, -0.05) is 213 Å². The fourth-order valence-corrected chi connectivity index (χ4v) is 15.0. The third-order valence-corrected chi connectivity index (χ3v) is 18.5. The van der Waals surface area contributed by atoms with Crippen molar-refractivity contribution in [1.29, 1.82) is 0 Å².